The molecule has 1 heterocycles. The van der Waals surface area contributed by atoms with Crippen LogP contribution in [0.3, 0.4) is 0 Å². The average molecular weight is 208 g/mol. The number of hydrogen-bond donors (Lipinski definition) is 1. The Balaban J connectivity index is 2.68. The number of aromatic nitrogens is 1. The van der Waals surface area contributed by atoms with E-state index in [0.717, 1.165) is 5.01 Å². The van der Waals surface area contributed by atoms with Crippen molar-refractivity contribution in [1.82, 2.24) is 4.98 Å². The molecular formula is C10H12N2OS. The maximum Gasteiger partial charge on any atom is 0.182 e. The van der Waals surface area contributed by atoms with Crippen molar-refractivity contribution >= 4 is 17.1 Å². The zero-order valence-electron chi connectivity index (χ0n) is 7.99. The van der Waals surface area contributed by atoms with E-state index in [1.165, 1.54) is 11.3 Å². The average Bonchev–Trinajstić information content (AvgIpc) is 2.62. The quantitative estimate of drug-likeness (QED) is 0.606. The van der Waals surface area contributed by atoms with Crippen LogP contribution in [-0.4, -0.2) is 10.8 Å². The molecule has 0 saturated carbocycles. The first kappa shape index (κ1) is 10.9. The second-order valence-corrected chi connectivity index (χ2v) is 3.88. The molecule has 0 spiro atoms. The highest BCUT2D eigenvalue weighted by Crippen LogP contribution is 2.17. The van der Waals surface area contributed by atoms with Gasteiger partial charge in [-0.05, 0) is 6.92 Å². The molecule has 0 amide bonds. The first-order valence-corrected chi connectivity index (χ1v) is 5.20. The lowest BCUT2D eigenvalue weighted by Crippen LogP contribution is -2.06. The number of Topliss-reactive ketones (excluding diaryl/α,β-unsaturated/α-hetero) is 1. The predicted octanol–water partition coefficient (Wildman–Crippen LogP) is 1.76. The Bertz CT molecular complexity index is 362. The minimum absolute atomic E-state index is 0.00824. The van der Waals surface area contributed by atoms with Gasteiger partial charge in [-0.25, -0.2) is 4.98 Å². The molecule has 74 valence electrons. The number of ketones is 1. The smallest absolute Gasteiger partial charge is 0.182 e. The third kappa shape index (κ3) is 2.66. The van der Waals surface area contributed by atoms with E-state index in [1.54, 1.807) is 5.38 Å². The molecule has 1 atom stereocenters. The van der Waals surface area contributed by atoms with Crippen molar-refractivity contribution in [3.8, 4) is 12.3 Å². The van der Waals surface area contributed by atoms with Gasteiger partial charge in [0.05, 0.1) is 6.04 Å². The molecule has 1 rings (SSSR count). The van der Waals surface area contributed by atoms with Gasteiger partial charge in [0.2, 0.25) is 0 Å². The molecule has 4 heteroatoms. The Labute approximate surface area is 87.3 Å². The summed E-state index contributed by atoms with van der Waals surface area (Å²) >= 11 is 1.41. The monoisotopic (exact) mass is 208 g/mol. The Morgan fingerprint density at radius 1 is 1.86 bits per heavy atom. The van der Waals surface area contributed by atoms with Gasteiger partial charge in [0.25, 0.3) is 0 Å². The van der Waals surface area contributed by atoms with E-state index in [-0.39, 0.29) is 11.8 Å². The summed E-state index contributed by atoms with van der Waals surface area (Å²) in [5.74, 6) is 2.42. The van der Waals surface area contributed by atoms with Crippen molar-refractivity contribution in [1.29, 1.82) is 0 Å². The van der Waals surface area contributed by atoms with Crippen LogP contribution in [0.15, 0.2) is 5.38 Å². The van der Waals surface area contributed by atoms with Gasteiger partial charge in [-0.3, -0.25) is 4.79 Å². The van der Waals surface area contributed by atoms with E-state index in [2.05, 4.69) is 10.9 Å². The molecule has 0 aromatic carbocycles. The van der Waals surface area contributed by atoms with Gasteiger partial charge in [0.15, 0.2) is 5.78 Å². The summed E-state index contributed by atoms with van der Waals surface area (Å²) in [4.78, 5) is 15.6. The van der Waals surface area contributed by atoms with Crippen LogP contribution in [0.5, 0.6) is 0 Å². The molecule has 14 heavy (non-hydrogen) atoms. The Morgan fingerprint density at radius 3 is 3.07 bits per heavy atom. The molecule has 0 aliphatic rings. The maximum atomic E-state index is 11.4. The van der Waals surface area contributed by atoms with Crippen LogP contribution >= 0.6 is 11.3 Å². The van der Waals surface area contributed by atoms with Crippen LogP contribution in [0.25, 0.3) is 0 Å². The van der Waals surface area contributed by atoms with E-state index in [1.807, 2.05) is 6.92 Å². The molecule has 0 radical (unpaired) electrons. The highest BCUT2D eigenvalue weighted by Gasteiger charge is 2.11. The minimum atomic E-state index is -0.116. The lowest BCUT2D eigenvalue weighted by molar-refractivity contribution is 0.0980. The minimum Gasteiger partial charge on any atom is -0.322 e. The van der Waals surface area contributed by atoms with E-state index >= 15 is 0 Å². The van der Waals surface area contributed by atoms with Crippen molar-refractivity contribution in [2.24, 2.45) is 5.73 Å². The molecule has 0 aliphatic heterocycles. The second-order valence-electron chi connectivity index (χ2n) is 2.99. The predicted molar refractivity (Wildman–Crippen MR) is 57.1 cm³/mol. The highest BCUT2D eigenvalue weighted by atomic mass is 32.1. The van der Waals surface area contributed by atoms with Crippen molar-refractivity contribution in [3.63, 3.8) is 0 Å². The van der Waals surface area contributed by atoms with E-state index < -0.39 is 0 Å². The molecule has 0 fully saturated rings. The summed E-state index contributed by atoms with van der Waals surface area (Å²) < 4.78 is 0. The number of thiazole rings is 1. The van der Waals surface area contributed by atoms with Gasteiger partial charge in [-0.1, -0.05) is 0 Å². The molecule has 1 aromatic heterocycles. The van der Waals surface area contributed by atoms with Gasteiger partial charge in [0.1, 0.15) is 10.7 Å². The van der Waals surface area contributed by atoms with Crippen molar-refractivity contribution in [3.05, 3.63) is 16.1 Å². The standard InChI is InChI=1S/C10H12N2OS/c1-3-4-5-9(13)8-6-14-10(12-8)7(2)11/h1,6-7H,4-5,11H2,2H3. The van der Waals surface area contributed by atoms with Gasteiger partial charge >= 0.3 is 0 Å². The zero-order chi connectivity index (χ0) is 10.6. The number of nitrogens with zero attached hydrogens (tertiary/aromatic N) is 1. The van der Waals surface area contributed by atoms with E-state index in [9.17, 15) is 4.79 Å². The lowest BCUT2D eigenvalue weighted by Gasteiger charge is -1.96. The molecular weight excluding hydrogens is 196 g/mol. The van der Waals surface area contributed by atoms with Crippen LogP contribution in [0.1, 0.15) is 41.3 Å². The SMILES string of the molecule is C#CCCC(=O)c1csc(C(C)N)n1. The van der Waals surface area contributed by atoms with Crippen molar-refractivity contribution < 1.29 is 4.79 Å². The summed E-state index contributed by atoms with van der Waals surface area (Å²) in [6.07, 6.45) is 5.89. The van der Waals surface area contributed by atoms with Crippen LogP contribution in [0, 0.1) is 12.3 Å². The third-order valence-electron chi connectivity index (χ3n) is 1.69. The topological polar surface area (TPSA) is 56.0 Å². The van der Waals surface area contributed by atoms with Crippen LogP contribution in [0.4, 0.5) is 0 Å². The number of hydrogen-bond acceptors (Lipinski definition) is 4. The first-order valence-electron chi connectivity index (χ1n) is 4.32. The van der Waals surface area contributed by atoms with Crippen LogP contribution in [-0.2, 0) is 0 Å². The van der Waals surface area contributed by atoms with E-state index in [4.69, 9.17) is 12.2 Å². The van der Waals surface area contributed by atoms with Crippen LogP contribution < -0.4 is 5.73 Å². The number of carbonyl (C=O) groups excluding carboxylic acids is 1. The summed E-state index contributed by atoms with van der Waals surface area (Å²) in [5, 5.41) is 2.52. The molecule has 1 unspecified atom stereocenters. The van der Waals surface area contributed by atoms with Gasteiger partial charge in [0, 0.05) is 18.2 Å². The first-order chi connectivity index (χ1) is 6.65. The zero-order valence-corrected chi connectivity index (χ0v) is 8.80. The maximum absolute atomic E-state index is 11.4. The molecule has 2 N–H and O–H groups in total. The normalized spacial score (nSPS) is 12.1. The number of carbonyl (C=O) groups is 1. The number of terminal acetylenes is 1. The molecule has 0 aliphatic carbocycles. The fourth-order valence-electron chi connectivity index (χ4n) is 0.939. The fourth-order valence-corrected chi connectivity index (χ4v) is 1.72. The molecule has 1 aromatic rings. The third-order valence-corrected chi connectivity index (χ3v) is 2.74. The second kappa shape index (κ2) is 4.89. The largest absolute Gasteiger partial charge is 0.322 e. The summed E-state index contributed by atoms with van der Waals surface area (Å²) in [5.41, 5.74) is 6.12. The Kier molecular flexibility index (Phi) is 3.81. The summed E-state index contributed by atoms with van der Waals surface area (Å²) in [6.45, 7) is 1.84. The summed E-state index contributed by atoms with van der Waals surface area (Å²) in [7, 11) is 0. The molecule has 0 saturated heterocycles. The highest BCUT2D eigenvalue weighted by molar-refractivity contribution is 7.09. The van der Waals surface area contributed by atoms with Gasteiger partial charge in [-0.2, -0.15) is 0 Å². The van der Waals surface area contributed by atoms with Gasteiger partial charge < -0.3 is 5.73 Å². The number of rotatable bonds is 4. The van der Waals surface area contributed by atoms with Crippen molar-refractivity contribution in [2.45, 2.75) is 25.8 Å². The van der Waals surface area contributed by atoms with Crippen LogP contribution in [0.2, 0.25) is 0 Å². The van der Waals surface area contributed by atoms with E-state index in [0.29, 0.717) is 18.5 Å². The Morgan fingerprint density at radius 2 is 2.57 bits per heavy atom. The number of nitrogens with two attached hydrogens (primary N) is 1. The lowest BCUT2D eigenvalue weighted by atomic mass is 10.2. The molecule has 3 nitrogen and oxygen atoms in total. The summed E-state index contributed by atoms with van der Waals surface area (Å²) in [6, 6.07) is -0.116. The van der Waals surface area contributed by atoms with Gasteiger partial charge in [-0.15, -0.1) is 23.7 Å². The molecule has 0 bridgehead atoms. The fraction of sp³-hybridized carbons (Fsp3) is 0.400. The van der Waals surface area contributed by atoms with Crippen molar-refractivity contribution in [2.75, 3.05) is 0 Å². The Hall–Kier alpha value is -1.18.